The van der Waals surface area contributed by atoms with Crippen LogP contribution in [0.4, 0.5) is 4.79 Å². The van der Waals surface area contributed by atoms with Crippen LogP contribution in [0.2, 0.25) is 0 Å². The number of aliphatic hydroxyl groups is 1. The summed E-state index contributed by atoms with van der Waals surface area (Å²) in [7, 11) is 1.31. The maximum absolute atomic E-state index is 11.1. The molecule has 0 fully saturated rings. The van der Waals surface area contributed by atoms with Crippen molar-refractivity contribution >= 4 is 17.9 Å². The fourth-order valence-corrected chi connectivity index (χ4v) is 0.712. The molecule has 0 aromatic heterocycles. The van der Waals surface area contributed by atoms with Crippen LogP contribution in [0.5, 0.6) is 0 Å². The highest BCUT2D eigenvalue weighted by atomic mass is 16.4. The Labute approximate surface area is 85.7 Å². The topological polar surface area (TPSA) is 133 Å². The lowest BCUT2D eigenvalue weighted by Gasteiger charge is -2.16. The largest absolute Gasteiger partial charge is 0.479 e. The Morgan fingerprint density at radius 2 is 2.00 bits per heavy atom. The van der Waals surface area contributed by atoms with Crippen LogP contribution in [0.25, 0.3) is 0 Å². The third kappa shape index (κ3) is 5.47. The Morgan fingerprint density at radius 3 is 2.40 bits per heavy atom. The highest BCUT2D eigenvalue weighted by Crippen LogP contribution is 1.85. The predicted octanol–water partition coefficient (Wildman–Crippen LogP) is -2.44. The number of urea groups is 1. The fourth-order valence-electron chi connectivity index (χ4n) is 0.712. The molecule has 0 aliphatic rings. The van der Waals surface area contributed by atoms with Gasteiger partial charge in [-0.05, 0) is 0 Å². The molecule has 0 spiro atoms. The molecular formula is C7H13N3O5. The third-order valence-electron chi connectivity index (χ3n) is 1.47. The molecule has 15 heavy (non-hydrogen) atoms. The highest BCUT2D eigenvalue weighted by Gasteiger charge is 2.16. The van der Waals surface area contributed by atoms with Crippen molar-refractivity contribution in [2.75, 3.05) is 20.1 Å². The summed E-state index contributed by atoms with van der Waals surface area (Å²) in [6.07, 6.45) is -1.67. The van der Waals surface area contributed by atoms with Crippen LogP contribution in [-0.4, -0.2) is 59.3 Å². The van der Waals surface area contributed by atoms with E-state index in [1.807, 2.05) is 0 Å². The summed E-state index contributed by atoms with van der Waals surface area (Å²) >= 11 is 0. The van der Waals surface area contributed by atoms with Gasteiger partial charge in [0.05, 0.1) is 6.54 Å². The van der Waals surface area contributed by atoms with Crippen LogP contribution in [0.1, 0.15) is 0 Å². The highest BCUT2D eigenvalue weighted by molar-refractivity contribution is 5.83. The lowest BCUT2D eigenvalue weighted by Crippen LogP contribution is -2.45. The van der Waals surface area contributed by atoms with Gasteiger partial charge in [-0.15, -0.1) is 0 Å². The van der Waals surface area contributed by atoms with Crippen molar-refractivity contribution in [3.05, 3.63) is 0 Å². The molecule has 0 saturated carbocycles. The number of carboxylic acids is 1. The second-order valence-corrected chi connectivity index (χ2v) is 2.86. The number of carbonyl (C=O) groups is 3. The second kappa shape index (κ2) is 5.81. The third-order valence-corrected chi connectivity index (χ3v) is 1.47. The summed E-state index contributed by atoms with van der Waals surface area (Å²) in [6.45, 7) is -0.716. The van der Waals surface area contributed by atoms with E-state index < -0.39 is 30.6 Å². The van der Waals surface area contributed by atoms with Gasteiger partial charge in [-0.1, -0.05) is 0 Å². The second-order valence-electron chi connectivity index (χ2n) is 2.86. The van der Waals surface area contributed by atoms with Crippen molar-refractivity contribution in [2.24, 2.45) is 5.73 Å². The Kier molecular flexibility index (Phi) is 5.10. The van der Waals surface area contributed by atoms with Gasteiger partial charge in [0.2, 0.25) is 5.91 Å². The minimum atomic E-state index is -1.67. The van der Waals surface area contributed by atoms with Gasteiger partial charge >= 0.3 is 12.0 Å². The number of nitrogens with two attached hydrogens (primary N) is 1. The number of hydrogen-bond acceptors (Lipinski definition) is 4. The van der Waals surface area contributed by atoms with Crippen molar-refractivity contribution in [2.45, 2.75) is 6.10 Å². The monoisotopic (exact) mass is 219 g/mol. The number of rotatable bonds is 5. The molecule has 0 aromatic carbocycles. The molecule has 3 amide bonds. The van der Waals surface area contributed by atoms with E-state index in [4.69, 9.17) is 15.9 Å². The average Bonchev–Trinajstić information content (AvgIpc) is 2.12. The molecule has 8 heteroatoms. The first-order valence-electron chi connectivity index (χ1n) is 4.02. The van der Waals surface area contributed by atoms with Crippen molar-refractivity contribution < 1.29 is 24.6 Å². The van der Waals surface area contributed by atoms with Gasteiger partial charge in [-0.3, -0.25) is 4.79 Å². The first kappa shape index (κ1) is 13.2. The predicted molar refractivity (Wildman–Crippen MR) is 48.9 cm³/mol. The Bertz CT molecular complexity index is 267. The summed E-state index contributed by atoms with van der Waals surface area (Å²) in [6, 6.07) is -0.686. The zero-order valence-electron chi connectivity index (χ0n) is 8.14. The Balaban J connectivity index is 3.93. The fraction of sp³-hybridized carbons (Fsp3) is 0.571. The molecule has 0 rings (SSSR count). The van der Waals surface area contributed by atoms with Crippen LogP contribution >= 0.6 is 0 Å². The number of hydrogen-bond donors (Lipinski definition) is 4. The van der Waals surface area contributed by atoms with Crippen LogP contribution in [-0.2, 0) is 9.59 Å². The maximum Gasteiger partial charge on any atom is 0.334 e. The first-order valence-corrected chi connectivity index (χ1v) is 4.02. The molecule has 0 aliphatic carbocycles. The quantitative estimate of drug-likeness (QED) is 0.407. The van der Waals surface area contributed by atoms with E-state index in [2.05, 4.69) is 5.32 Å². The molecular weight excluding hydrogens is 206 g/mol. The van der Waals surface area contributed by atoms with Crippen molar-refractivity contribution in [1.82, 2.24) is 10.2 Å². The number of nitrogens with zero attached hydrogens (tertiary/aromatic N) is 1. The molecule has 0 bridgehead atoms. The number of nitrogens with one attached hydrogen (secondary N) is 1. The van der Waals surface area contributed by atoms with Crippen LogP contribution in [0, 0.1) is 0 Å². The van der Waals surface area contributed by atoms with E-state index in [1.165, 1.54) is 7.05 Å². The molecule has 1 atom stereocenters. The van der Waals surface area contributed by atoms with E-state index in [1.54, 1.807) is 0 Å². The Morgan fingerprint density at radius 1 is 1.47 bits per heavy atom. The van der Waals surface area contributed by atoms with Crippen LogP contribution < -0.4 is 11.1 Å². The van der Waals surface area contributed by atoms with E-state index in [0.29, 0.717) is 0 Å². The molecule has 0 aromatic rings. The minimum Gasteiger partial charge on any atom is -0.479 e. The smallest absolute Gasteiger partial charge is 0.334 e. The van der Waals surface area contributed by atoms with Gasteiger partial charge < -0.3 is 26.2 Å². The number of aliphatic hydroxyl groups excluding tert-OH is 1. The molecule has 1 unspecified atom stereocenters. The van der Waals surface area contributed by atoms with Gasteiger partial charge in [0.1, 0.15) is 6.54 Å². The summed E-state index contributed by atoms with van der Waals surface area (Å²) < 4.78 is 0. The summed E-state index contributed by atoms with van der Waals surface area (Å²) in [5.41, 5.74) is 4.83. The van der Waals surface area contributed by atoms with Gasteiger partial charge in [-0.25, -0.2) is 9.59 Å². The molecule has 0 heterocycles. The Hall–Kier alpha value is -1.83. The van der Waals surface area contributed by atoms with Crippen LogP contribution in [0.15, 0.2) is 0 Å². The normalized spacial score (nSPS) is 11.6. The number of likely N-dealkylation sites (N-methyl/N-ethyl adjacent to an activating group) is 1. The standard InChI is InChI=1S/C7H13N3O5/c1-10(3-5(8)12)7(15)9-2-4(11)6(13)14/h4,11H,2-3H2,1H3,(H2,8,12)(H,9,15)(H,13,14). The molecule has 0 aliphatic heterocycles. The molecule has 86 valence electrons. The zero-order valence-corrected chi connectivity index (χ0v) is 8.14. The number of carbonyl (C=O) groups excluding carboxylic acids is 2. The van der Waals surface area contributed by atoms with E-state index in [0.717, 1.165) is 4.90 Å². The van der Waals surface area contributed by atoms with Gasteiger partial charge in [-0.2, -0.15) is 0 Å². The minimum absolute atomic E-state index is 0.283. The summed E-state index contributed by atoms with van der Waals surface area (Å²) in [4.78, 5) is 32.7. The maximum atomic E-state index is 11.1. The first-order chi connectivity index (χ1) is 6.84. The molecule has 0 saturated heterocycles. The number of carboxylic acid groups (broad SMARTS) is 1. The summed E-state index contributed by atoms with van der Waals surface area (Å²) in [5.74, 6) is -2.13. The number of aliphatic carboxylic acids is 1. The molecule has 0 radical (unpaired) electrons. The van der Waals surface area contributed by atoms with E-state index in [9.17, 15) is 14.4 Å². The number of amides is 3. The van der Waals surface area contributed by atoms with E-state index >= 15 is 0 Å². The summed E-state index contributed by atoms with van der Waals surface area (Å²) in [5, 5.41) is 19.2. The van der Waals surface area contributed by atoms with Crippen molar-refractivity contribution in [1.29, 1.82) is 0 Å². The van der Waals surface area contributed by atoms with Gasteiger partial charge in [0, 0.05) is 7.05 Å². The van der Waals surface area contributed by atoms with Crippen molar-refractivity contribution in [3.63, 3.8) is 0 Å². The van der Waals surface area contributed by atoms with E-state index in [-0.39, 0.29) is 6.54 Å². The zero-order chi connectivity index (χ0) is 12.0. The van der Waals surface area contributed by atoms with Crippen molar-refractivity contribution in [3.8, 4) is 0 Å². The lowest BCUT2D eigenvalue weighted by atomic mass is 10.3. The van der Waals surface area contributed by atoms with Gasteiger partial charge in [0.15, 0.2) is 6.10 Å². The average molecular weight is 219 g/mol. The van der Waals surface area contributed by atoms with Crippen LogP contribution in [0.3, 0.4) is 0 Å². The number of primary amides is 1. The lowest BCUT2D eigenvalue weighted by molar-refractivity contribution is -0.146. The SMILES string of the molecule is CN(CC(N)=O)C(=O)NCC(O)C(=O)O. The molecule has 8 nitrogen and oxygen atoms in total. The van der Waals surface area contributed by atoms with Gasteiger partial charge in [0.25, 0.3) is 0 Å². The molecule has 5 N–H and O–H groups in total.